The number of hydrogen-bond acceptors (Lipinski definition) is 5. The molecule has 5 heteroatoms. The van der Waals surface area contributed by atoms with Crippen molar-refractivity contribution in [3.05, 3.63) is 59.7 Å². The Labute approximate surface area is 165 Å². The van der Waals surface area contributed by atoms with Crippen LogP contribution in [-0.2, 0) is 9.59 Å². The fourth-order valence-electron chi connectivity index (χ4n) is 2.32. The van der Waals surface area contributed by atoms with E-state index in [2.05, 4.69) is 0 Å². The van der Waals surface area contributed by atoms with Crippen molar-refractivity contribution < 1.29 is 19.1 Å². The van der Waals surface area contributed by atoms with Crippen LogP contribution in [0, 0.1) is 13.8 Å². The van der Waals surface area contributed by atoms with Crippen LogP contribution in [0.4, 0.5) is 0 Å². The van der Waals surface area contributed by atoms with Gasteiger partial charge in [-0.3, -0.25) is 9.59 Å². The van der Waals surface area contributed by atoms with Gasteiger partial charge in [0.05, 0.1) is 0 Å². The molecule has 0 aromatic heterocycles. The summed E-state index contributed by atoms with van der Waals surface area (Å²) in [6.07, 6.45) is 2.33. The zero-order valence-electron chi connectivity index (χ0n) is 15.9. The first kappa shape index (κ1) is 21.0. The highest BCUT2D eigenvalue weighted by Crippen LogP contribution is 2.15. The molecule has 0 aliphatic rings. The van der Waals surface area contributed by atoms with Crippen molar-refractivity contribution >= 4 is 23.7 Å². The molecule has 0 bridgehead atoms. The SMILES string of the molecule is Cc1ccc(OC(=O)CCCSCCCC(=O)Oc2ccc(C)cc2)cc1. The molecular weight excluding hydrogens is 360 g/mol. The second kappa shape index (κ2) is 11.4. The lowest BCUT2D eigenvalue weighted by atomic mass is 10.2. The molecule has 2 aromatic rings. The van der Waals surface area contributed by atoms with Gasteiger partial charge in [-0.2, -0.15) is 11.8 Å². The molecule has 0 aliphatic heterocycles. The van der Waals surface area contributed by atoms with E-state index in [1.807, 2.05) is 38.1 Å². The molecule has 0 atom stereocenters. The first-order chi connectivity index (χ1) is 13.0. The van der Waals surface area contributed by atoms with Crippen molar-refractivity contribution in [2.24, 2.45) is 0 Å². The third kappa shape index (κ3) is 8.78. The molecule has 4 nitrogen and oxygen atoms in total. The molecule has 0 spiro atoms. The van der Waals surface area contributed by atoms with Crippen LogP contribution in [0.15, 0.2) is 48.5 Å². The minimum Gasteiger partial charge on any atom is -0.427 e. The van der Waals surface area contributed by atoms with E-state index in [1.165, 1.54) is 0 Å². The lowest BCUT2D eigenvalue weighted by molar-refractivity contribution is -0.135. The fourth-order valence-corrected chi connectivity index (χ4v) is 3.22. The van der Waals surface area contributed by atoms with Crippen LogP contribution in [0.3, 0.4) is 0 Å². The van der Waals surface area contributed by atoms with Gasteiger partial charge >= 0.3 is 11.9 Å². The summed E-state index contributed by atoms with van der Waals surface area (Å²) in [6, 6.07) is 14.9. The number of carbonyl (C=O) groups is 2. The molecule has 0 radical (unpaired) electrons. The smallest absolute Gasteiger partial charge is 0.311 e. The zero-order valence-corrected chi connectivity index (χ0v) is 16.7. The number of ether oxygens (including phenoxy) is 2. The minimum absolute atomic E-state index is 0.207. The summed E-state index contributed by atoms with van der Waals surface area (Å²) in [7, 11) is 0. The maximum absolute atomic E-state index is 11.8. The Morgan fingerprint density at radius 1 is 0.704 bits per heavy atom. The van der Waals surface area contributed by atoms with Crippen molar-refractivity contribution in [1.29, 1.82) is 0 Å². The summed E-state index contributed by atoms with van der Waals surface area (Å²) in [5, 5.41) is 0. The number of thioether (sulfide) groups is 1. The lowest BCUT2D eigenvalue weighted by Crippen LogP contribution is -2.08. The van der Waals surface area contributed by atoms with Crippen molar-refractivity contribution in [3.63, 3.8) is 0 Å². The molecular formula is C22H26O4S. The van der Waals surface area contributed by atoms with Crippen molar-refractivity contribution in [2.75, 3.05) is 11.5 Å². The van der Waals surface area contributed by atoms with Gasteiger partial charge in [0, 0.05) is 12.8 Å². The molecule has 0 saturated carbocycles. The predicted octanol–water partition coefficient (Wildman–Crippen LogP) is 5.11. The Kier molecular flexibility index (Phi) is 8.92. The van der Waals surface area contributed by atoms with Crippen LogP contribution in [0.25, 0.3) is 0 Å². The maximum Gasteiger partial charge on any atom is 0.311 e. The summed E-state index contributed by atoms with van der Waals surface area (Å²) >= 11 is 1.74. The Balaban J connectivity index is 1.49. The van der Waals surface area contributed by atoms with Gasteiger partial charge in [-0.05, 0) is 62.5 Å². The normalized spacial score (nSPS) is 10.4. The Bertz CT molecular complexity index is 659. The van der Waals surface area contributed by atoms with Gasteiger partial charge in [-0.25, -0.2) is 0 Å². The van der Waals surface area contributed by atoms with Gasteiger partial charge in [-0.15, -0.1) is 0 Å². The zero-order chi connectivity index (χ0) is 19.5. The standard InChI is InChI=1S/C22H26O4S/c1-17-7-11-19(12-8-17)25-21(23)5-3-15-27-16-4-6-22(24)26-20-13-9-18(2)10-14-20/h7-14H,3-6,15-16H2,1-2H3. The van der Waals surface area contributed by atoms with Crippen molar-refractivity contribution in [2.45, 2.75) is 39.5 Å². The molecule has 0 saturated heterocycles. The molecule has 0 aliphatic carbocycles. The number of benzene rings is 2. The highest BCUT2D eigenvalue weighted by Gasteiger charge is 2.06. The summed E-state index contributed by atoms with van der Waals surface area (Å²) in [4.78, 5) is 23.6. The lowest BCUT2D eigenvalue weighted by Gasteiger charge is -2.05. The van der Waals surface area contributed by atoms with E-state index in [4.69, 9.17) is 9.47 Å². The van der Waals surface area contributed by atoms with E-state index in [1.54, 1.807) is 36.0 Å². The first-order valence-electron chi connectivity index (χ1n) is 9.15. The fraction of sp³-hybridized carbons (Fsp3) is 0.364. The number of hydrogen-bond donors (Lipinski definition) is 0. The van der Waals surface area contributed by atoms with Crippen LogP contribution in [0.5, 0.6) is 11.5 Å². The van der Waals surface area contributed by atoms with Gasteiger partial charge in [0.15, 0.2) is 0 Å². The molecule has 0 N–H and O–H groups in total. The summed E-state index contributed by atoms with van der Waals surface area (Å²) in [5.41, 5.74) is 2.27. The Morgan fingerprint density at radius 3 is 1.44 bits per heavy atom. The van der Waals surface area contributed by atoms with Gasteiger partial charge in [0.1, 0.15) is 11.5 Å². The van der Waals surface area contributed by atoms with Crippen LogP contribution < -0.4 is 9.47 Å². The number of aryl methyl sites for hydroxylation is 2. The highest BCUT2D eigenvalue weighted by molar-refractivity contribution is 7.99. The van der Waals surface area contributed by atoms with Crippen LogP contribution >= 0.6 is 11.8 Å². The molecule has 0 heterocycles. The van der Waals surface area contributed by atoms with Crippen LogP contribution in [-0.4, -0.2) is 23.4 Å². The van der Waals surface area contributed by atoms with E-state index < -0.39 is 0 Å². The van der Waals surface area contributed by atoms with Gasteiger partial charge < -0.3 is 9.47 Å². The minimum atomic E-state index is -0.207. The monoisotopic (exact) mass is 386 g/mol. The topological polar surface area (TPSA) is 52.6 Å². The average Bonchev–Trinajstić information content (AvgIpc) is 2.65. The van der Waals surface area contributed by atoms with Gasteiger partial charge in [-0.1, -0.05) is 35.4 Å². The Morgan fingerprint density at radius 2 is 1.07 bits per heavy atom. The molecule has 144 valence electrons. The largest absolute Gasteiger partial charge is 0.427 e. The second-order valence-corrected chi connectivity index (χ2v) is 7.62. The number of carbonyl (C=O) groups excluding carboxylic acids is 2. The maximum atomic E-state index is 11.8. The molecule has 27 heavy (non-hydrogen) atoms. The van der Waals surface area contributed by atoms with E-state index in [9.17, 15) is 9.59 Å². The predicted molar refractivity (Wildman–Crippen MR) is 109 cm³/mol. The quantitative estimate of drug-likeness (QED) is 0.323. The summed E-state index contributed by atoms with van der Waals surface area (Å²) in [5.74, 6) is 2.50. The molecule has 0 amide bonds. The molecule has 2 aromatic carbocycles. The third-order valence-electron chi connectivity index (χ3n) is 3.84. The van der Waals surface area contributed by atoms with Crippen LogP contribution in [0.2, 0.25) is 0 Å². The van der Waals surface area contributed by atoms with Gasteiger partial charge in [0.2, 0.25) is 0 Å². The van der Waals surface area contributed by atoms with Gasteiger partial charge in [0.25, 0.3) is 0 Å². The highest BCUT2D eigenvalue weighted by atomic mass is 32.2. The number of rotatable bonds is 10. The van der Waals surface area contributed by atoms with E-state index in [0.29, 0.717) is 24.3 Å². The van der Waals surface area contributed by atoms with E-state index in [-0.39, 0.29) is 11.9 Å². The molecule has 0 unspecified atom stereocenters. The average molecular weight is 387 g/mol. The Hall–Kier alpha value is -2.27. The molecule has 2 rings (SSSR count). The van der Waals surface area contributed by atoms with Crippen molar-refractivity contribution in [3.8, 4) is 11.5 Å². The first-order valence-corrected chi connectivity index (χ1v) is 10.3. The van der Waals surface area contributed by atoms with E-state index in [0.717, 1.165) is 35.5 Å². The molecule has 0 fully saturated rings. The summed E-state index contributed by atoms with van der Waals surface area (Å²) in [6.45, 7) is 3.98. The van der Waals surface area contributed by atoms with Crippen molar-refractivity contribution in [1.82, 2.24) is 0 Å². The van der Waals surface area contributed by atoms with Crippen LogP contribution in [0.1, 0.15) is 36.8 Å². The summed E-state index contributed by atoms with van der Waals surface area (Å²) < 4.78 is 10.6. The second-order valence-electron chi connectivity index (χ2n) is 6.39. The number of esters is 2. The van der Waals surface area contributed by atoms with E-state index >= 15 is 0 Å². The third-order valence-corrected chi connectivity index (χ3v) is 5.00.